The van der Waals surface area contributed by atoms with Crippen molar-refractivity contribution in [2.45, 2.75) is 0 Å². The number of aliphatic imine (C=N–C) groups is 1. The Morgan fingerprint density at radius 1 is 1.39 bits per heavy atom. The minimum absolute atomic E-state index is 0.110. The Morgan fingerprint density at radius 3 is 2.56 bits per heavy atom. The summed E-state index contributed by atoms with van der Waals surface area (Å²) in [5.74, 6) is 0.342. The van der Waals surface area contributed by atoms with Crippen LogP contribution in [0.1, 0.15) is 10.4 Å². The standard InChI is InChI=1S/C12H17BrN4O/c1-17(2)12(14)16-8-7-15-11(18)9-3-5-10(13)6-4-9/h3-6H,7-8H2,1-2H3,(H2,14,16)(H,15,18). The smallest absolute Gasteiger partial charge is 0.251 e. The normalized spacial score (nSPS) is 11.2. The van der Waals surface area contributed by atoms with Crippen LogP contribution >= 0.6 is 15.9 Å². The molecule has 0 aromatic heterocycles. The molecule has 5 nitrogen and oxygen atoms in total. The first-order chi connectivity index (χ1) is 8.50. The molecule has 1 aromatic rings. The first-order valence-electron chi connectivity index (χ1n) is 5.51. The van der Waals surface area contributed by atoms with Crippen LogP contribution in [0.15, 0.2) is 33.7 Å². The highest BCUT2D eigenvalue weighted by Gasteiger charge is 2.03. The summed E-state index contributed by atoms with van der Waals surface area (Å²) in [6.45, 7) is 0.926. The Hall–Kier alpha value is -1.56. The third-order valence-corrected chi connectivity index (χ3v) is 2.76. The van der Waals surface area contributed by atoms with Gasteiger partial charge in [0.25, 0.3) is 5.91 Å². The van der Waals surface area contributed by atoms with E-state index in [2.05, 4.69) is 26.2 Å². The Morgan fingerprint density at radius 2 is 2.00 bits per heavy atom. The highest BCUT2D eigenvalue weighted by Crippen LogP contribution is 2.10. The van der Waals surface area contributed by atoms with Gasteiger partial charge >= 0.3 is 0 Å². The molecule has 1 aromatic carbocycles. The lowest BCUT2D eigenvalue weighted by Gasteiger charge is -2.10. The average Bonchev–Trinajstić information content (AvgIpc) is 2.34. The zero-order valence-corrected chi connectivity index (χ0v) is 12.1. The van der Waals surface area contributed by atoms with E-state index >= 15 is 0 Å². The molecule has 0 saturated carbocycles. The SMILES string of the molecule is CN(C)C(N)=NCCNC(=O)c1ccc(Br)cc1. The van der Waals surface area contributed by atoms with Crippen LogP contribution < -0.4 is 11.1 Å². The topological polar surface area (TPSA) is 70.7 Å². The van der Waals surface area contributed by atoms with Gasteiger partial charge in [0, 0.05) is 30.7 Å². The largest absolute Gasteiger partial charge is 0.370 e. The lowest BCUT2D eigenvalue weighted by Crippen LogP contribution is -2.32. The van der Waals surface area contributed by atoms with Gasteiger partial charge in [-0.2, -0.15) is 0 Å². The van der Waals surface area contributed by atoms with Gasteiger partial charge in [-0.25, -0.2) is 0 Å². The van der Waals surface area contributed by atoms with Gasteiger partial charge in [0.2, 0.25) is 0 Å². The number of carbonyl (C=O) groups is 1. The van der Waals surface area contributed by atoms with Crippen molar-refractivity contribution in [3.63, 3.8) is 0 Å². The zero-order valence-electron chi connectivity index (χ0n) is 10.5. The minimum atomic E-state index is -0.110. The molecule has 18 heavy (non-hydrogen) atoms. The molecule has 6 heteroatoms. The van der Waals surface area contributed by atoms with E-state index in [1.54, 1.807) is 17.0 Å². The van der Waals surface area contributed by atoms with E-state index in [0.717, 1.165) is 4.47 Å². The Labute approximate surface area is 115 Å². The molecule has 1 rings (SSSR count). The van der Waals surface area contributed by atoms with Crippen molar-refractivity contribution in [3.8, 4) is 0 Å². The summed E-state index contributed by atoms with van der Waals surface area (Å²) in [6.07, 6.45) is 0. The molecule has 0 radical (unpaired) electrons. The monoisotopic (exact) mass is 312 g/mol. The van der Waals surface area contributed by atoms with Crippen molar-refractivity contribution in [3.05, 3.63) is 34.3 Å². The predicted octanol–water partition coefficient (Wildman–Crippen LogP) is 1.06. The number of hydrogen-bond acceptors (Lipinski definition) is 2. The molecule has 0 heterocycles. The van der Waals surface area contributed by atoms with E-state index < -0.39 is 0 Å². The molecule has 0 atom stereocenters. The van der Waals surface area contributed by atoms with Crippen LogP contribution in [0.4, 0.5) is 0 Å². The summed E-state index contributed by atoms with van der Waals surface area (Å²) in [5.41, 5.74) is 6.25. The van der Waals surface area contributed by atoms with Gasteiger partial charge in [-0.1, -0.05) is 15.9 Å². The molecule has 0 aliphatic carbocycles. The van der Waals surface area contributed by atoms with Crippen molar-refractivity contribution >= 4 is 27.8 Å². The van der Waals surface area contributed by atoms with Crippen LogP contribution in [-0.4, -0.2) is 44.0 Å². The third kappa shape index (κ3) is 4.75. The fourth-order valence-corrected chi connectivity index (χ4v) is 1.45. The summed E-state index contributed by atoms with van der Waals surface area (Å²) in [6, 6.07) is 7.18. The number of halogens is 1. The summed E-state index contributed by atoms with van der Waals surface area (Å²) in [4.78, 5) is 17.5. The quantitative estimate of drug-likeness (QED) is 0.496. The number of nitrogens with one attached hydrogen (secondary N) is 1. The Kier molecular flexibility index (Phi) is 5.64. The lowest BCUT2D eigenvalue weighted by atomic mass is 10.2. The van der Waals surface area contributed by atoms with Gasteiger partial charge in [-0.05, 0) is 24.3 Å². The number of carbonyl (C=O) groups excluding carboxylic acids is 1. The number of nitrogens with two attached hydrogens (primary N) is 1. The van der Waals surface area contributed by atoms with E-state index in [4.69, 9.17) is 5.73 Å². The van der Waals surface area contributed by atoms with E-state index in [0.29, 0.717) is 24.6 Å². The average molecular weight is 313 g/mol. The number of hydrogen-bond donors (Lipinski definition) is 2. The second kappa shape index (κ2) is 7.00. The molecule has 0 unspecified atom stereocenters. The van der Waals surface area contributed by atoms with Crippen LogP contribution in [0, 0.1) is 0 Å². The maximum absolute atomic E-state index is 11.7. The second-order valence-corrected chi connectivity index (χ2v) is 4.81. The molecule has 1 amide bonds. The van der Waals surface area contributed by atoms with Crippen molar-refractivity contribution < 1.29 is 4.79 Å². The van der Waals surface area contributed by atoms with Gasteiger partial charge < -0.3 is 16.0 Å². The maximum Gasteiger partial charge on any atom is 0.251 e. The second-order valence-electron chi connectivity index (χ2n) is 3.90. The summed E-state index contributed by atoms with van der Waals surface area (Å²) in [7, 11) is 3.64. The Balaban J connectivity index is 2.38. The van der Waals surface area contributed by atoms with Crippen LogP contribution in [0.25, 0.3) is 0 Å². The van der Waals surface area contributed by atoms with E-state index in [1.165, 1.54) is 0 Å². The van der Waals surface area contributed by atoms with E-state index in [-0.39, 0.29) is 5.91 Å². The molecule has 3 N–H and O–H groups in total. The van der Waals surface area contributed by atoms with E-state index in [9.17, 15) is 4.79 Å². The molecule has 0 spiro atoms. The number of benzene rings is 1. The van der Waals surface area contributed by atoms with Crippen molar-refractivity contribution in [2.75, 3.05) is 27.2 Å². The van der Waals surface area contributed by atoms with Crippen molar-refractivity contribution in [2.24, 2.45) is 10.7 Å². The molecular weight excluding hydrogens is 296 g/mol. The van der Waals surface area contributed by atoms with Crippen molar-refractivity contribution in [1.82, 2.24) is 10.2 Å². The number of guanidine groups is 1. The number of amides is 1. The fourth-order valence-electron chi connectivity index (χ4n) is 1.18. The van der Waals surface area contributed by atoms with Crippen LogP contribution in [0.3, 0.4) is 0 Å². The molecule has 0 fully saturated rings. The van der Waals surface area contributed by atoms with Gasteiger partial charge in [-0.15, -0.1) is 0 Å². The van der Waals surface area contributed by atoms with Gasteiger partial charge in [0.15, 0.2) is 5.96 Å². The Bertz CT molecular complexity index is 428. The molecule has 0 saturated heterocycles. The summed E-state index contributed by atoms with van der Waals surface area (Å²) < 4.78 is 0.947. The maximum atomic E-state index is 11.7. The fraction of sp³-hybridized carbons (Fsp3) is 0.333. The molecule has 0 bridgehead atoms. The lowest BCUT2D eigenvalue weighted by molar-refractivity contribution is 0.0955. The summed E-state index contributed by atoms with van der Waals surface area (Å²) in [5, 5.41) is 2.78. The highest BCUT2D eigenvalue weighted by molar-refractivity contribution is 9.10. The zero-order chi connectivity index (χ0) is 13.5. The minimum Gasteiger partial charge on any atom is -0.370 e. The molecular formula is C12H17BrN4O. The first-order valence-corrected chi connectivity index (χ1v) is 6.31. The van der Waals surface area contributed by atoms with E-state index in [1.807, 2.05) is 26.2 Å². The van der Waals surface area contributed by atoms with Gasteiger partial charge in [0.1, 0.15) is 0 Å². The predicted molar refractivity (Wildman–Crippen MR) is 76.7 cm³/mol. The van der Waals surface area contributed by atoms with Gasteiger partial charge in [0.05, 0.1) is 6.54 Å². The van der Waals surface area contributed by atoms with Crippen molar-refractivity contribution in [1.29, 1.82) is 0 Å². The van der Waals surface area contributed by atoms with Crippen LogP contribution in [0.2, 0.25) is 0 Å². The molecule has 0 aliphatic heterocycles. The van der Waals surface area contributed by atoms with Crippen LogP contribution in [0.5, 0.6) is 0 Å². The third-order valence-electron chi connectivity index (χ3n) is 2.24. The molecule has 98 valence electrons. The summed E-state index contributed by atoms with van der Waals surface area (Å²) >= 11 is 3.32. The number of rotatable bonds is 4. The van der Waals surface area contributed by atoms with Gasteiger partial charge in [-0.3, -0.25) is 9.79 Å². The highest BCUT2D eigenvalue weighted by atomic mass is 79.9. The van der Waals surface area contributed by atoms with Crippen LogP contribution in [-0.2, 0) is 0 Å². The molecule has 0 aliphatic rings. The number of nitrogens with zero attached hydrogens (tertiary/aromatic N) is 2. The first kappa shape index (κ1) is 14.5.